The van der Waals surface area contributed by atoms with Gasteiger partial charge in [-0.1, -0.05) is 50.2 Å². The van der Waals surface area contributed by atoms with Gasteiger partial charge in [0.25, 0.3) is 0 Å². The molecule has 2 aromatic rings. The molecule has 1 atom stereocenters. The monoisotopic (exact) mass is 297 g/mol. The fourth-order valence-electron chi connectivity index (χ4n) is 2.42. The van der Waals surface area contributed by atoms with Crippen molar-refractivity contribution in [2.24, 2.45) is 0 Å². The second kappa shape index (κ2) is 6.65. The summed E-state index contributed by atoms with van der Waals surface area (Å²) < 4.78 is 0. The summed E-state index contributed by atoms with van der Waals surface area (Å²) in [6.07, 6.45) is 0. The highest BCUT2D eigenvalue weighted by Gasteiger charge is 2.20. The van der Waals surface area contributed by atoms with Crippen LogP contribution < -0.4 is 5.32 Å². The Bertz CT molecular complexity index is 660. The first kappa shape index (κ1) is 16.1. The van der Waals surface area contributed by atoms with Gasteiger partial charge in [-0.25, -0.2) is 4.79 Å². The van der Waals surface area contributed by atoms with E-state index in [1.165, 1.54) is 5.56 Å². The highest BCUT2D eigenvalue weighted by Crippen LogP contribution is 2.25. The molecular formula is C19H23NO2. The number of hydrogen-bond acceptors (Lipinski definition) is 2. The molecule has 0 bridgehead atoms. The first-order chi connectivity index (χ1) is 10.4. The zero-order valence-electron chi connectivity index (χ0n) is 13.6. The van der Waals surface area contributed by atoms with Gasteiger partial charge in [-0.05, 0) is 48.1 Å². The van der Waals surface area contributed by atoms with Crippen molar-refractivity contribution in [1.29, 1.82) is 0 Å². The molecule has 0 fully saturated rings. The van der Waals surface area contributed by atoms with Crippen molar-refractivity contribution < 1.29 is 9.90 Å². The van der Waals surface area contributed by atoms with E-state index in [0.717, 1.165) is 22.4 Å². The molecule has 116 valence electrons. The second-order valence-corrected chi connectivity index (χ2v) is 5.98. The summed E-state index contributed by atoms with van der Waals surface area (Å²) >= 11 is 0. The molecule has 2 rings (SSSR count). The van der Waals surface area contributed by atoms with E-state index in [4.69, 9.17) is 0 Å². The van der Waals surface area contributed by atoms with Crippen LogP contribution in [0.5, 0.6) is 0 Å². The first-order valence-corrected chi connectivity index (χ1v) is 7.55. The van der Waals surface area contributed by atoms with Crippen LogP contribution in [-0.2, 0) is 4.79 Å². The highest BCUT2D eigenvalue weighted by atomic mass is 16.4. The number of carboxylic acid groups (broad SMARTS) is 1. The van der Waals surface area contributed by atoms with Gasteiger partial charge in [0, 0.05) is 5.69 Å². The fourth-order valence-corrected chi connectivity index (χ4v) is 2.42. The number of carboxylic acids is 1. The van der Waals surface area contributed by atoms with Gasteiger partial charge in [0.15, 0.2) is 6.04 Å². The Morgan fingerprint density at radius 2 is 1.59 bits per heavy atom. The zero-order valence-corrected chi connectivity index (χ0v) is 13.6. The van der Waals surface area contributed by atoms with Crippen LogP contribution in [0.2, 0.25) is 0 Å². The lowest BCUT2D eigenvalue weighted by Gasteiger charge is -2.19. The standard InChI is InChI=1S/C19H23NO2/c1-12(2)15-8-10-16(11-9-15)18(19(21)22)20-17-7-5-6-13(3)14(17)4/h5-12,18,20H,1-4H3,(H,21,22)/t18-/m1/s1. The molecule has 0 aromatic heterocycles. The molecule has 2 N–H and O–H groups in total. The summed E-state index contributed by atoms with van der Waals surface area (Å²) in [6, 6.07) is 12.9. The quantitative estimate of drug-likeness (QED) is 0.843. The number of benzene rings is 2. The van der Waals surface area contributed by atoms with Crippen molar-refractivity contribution in [3.8, 4) is 0 Å². The lowest BCUT2D eigenvalue weighted by Crippen LogP contribution is -2.21. The summed E-state index contributed by atoms with van der Waals surface area (Å²) in [6.45, 7) is 8.27. The van der Waals surface area contributed by atoms with E-state index in [-0.39, 0.29) is 0 Å². The van der Waals surface area contributed by atoms with Gasteiger partial charge in [0.1, 0.15) is 0 Å². The maximum atomic E-state index is 11.7. The molecule has 0 saturated carbocycles. The van der Waals surface area contributed by atoms with Gasteiger partial charge in [-0.2, -0.15) is 0 Å². The molecule has 2 aromatic carbocycles. The average Bonchev–Trinajstić information content (AvgIpc) is 2.48. The molecule has 3 heteroatoms. The maximum Gasteiger partial charge on any atom is 0.330 e. The van der Waals surface area contributed by atoms with Crippen LogP contribution in [0.15, 0.2) is 42.5 Å². The van der Waals surface area contributed by atoms with E-state index in [1.54, 1.807) is 0 Å². The van der Waals surface area contributed by atoms with E-state index in [0.29, 0.717) is 5.92 Å². The van der Waals surface area contributed by atoms with Gasteiger partial charge >= 0.3 is 5.97 Å². The molecule has 0 unspecified atom stereocenters. The van der Waals surface area contributed by atoms with E-state index >= 15 is 0 Å². The molecule has 0 spiro atoms. The van der Waals surface area contributed by atoms with Gasteiger partial charge in [-0.15, -0.1) is 0 Å². The van der Waals surface area contributed by atoms with Crippen molar-refractivity contribution in [3.05, 3.63) is 64.7 Å². The third-order valence-electron chi connectivity index (χ3n) is 4.09. The molecule has 0 aliphatic rings. The van der Waals surface area contributed by atoms with Crippen LogP contribution >= 0.6 is 0 Å². The summed E-state index contributed by atoms with van der Waals surface area (Å²) in [5.74, 6) is -0.442. The number of rotatable bonds is 5. The fraction of sp³-hybridized carbons (Fsp3) is 0.316. The molecule has 0 heterocycles. The van der Waals surface area contributed by atoms with E-state index in [2.05, 4.69) is 19.2 Å². The minimum atomic E-state index is -0.877. The summed E-state index contributed by atoms with van der Waals surface area (Å²) in [5, 5.41) is 12.7. The van der Waals surface area contributed by atoms with Crippen molar-refractivity contribution in [3.63, 3.8) is 0 Å². The van der Waals surface area contributed by atoms with Crippen LogP contribution in [0, 0.1) is 13.8 Å². The lowest BCUT2D eigenvalue weighted by atomic mass is 9.98. The van der Waals surface area contributed by atoms with Crippen LogP contribution in [0.4, 0.5) is 5.69 Å². The van der Waals surface area contributed by atoms with Crippen LogP contribution in [-0.4, -0.2) is 11.1 Å². The molecule has 0 aliphatic carbocycles. The Balaban J connectivity index is 2.30. The minimum absolute atomic E-state index is 0.435. The smallest absolute Gasteiger partial charge is 0.330 e. The molecule has 0 radical (unpaired) electrons. The highest BCUT2D eigenvalue weighted by molar-refractivity contribution is 5.79. The number of aryl methyl sites for hydroxylation is 1. The summed E-state index contributed by atoms with van der Waals surface area (Å²) in [7, 11) is 0. The predicted octanol–water partition coefficient (Wildman–Crippen LogP) is 4.66. The van der Waals surface area contributed by atoms with Crippen molar-refractivity contribution in [2.75, 3.05) is 5.32 Å². The predicted molar refractivity (Wildman–Crippen MR) is 90.4 cm³/mol. The van der Waals surface area contributed by atoms with Gasteiger partial charge < -0.3 is 10.4 Å². The second-order valence-electron chi connectivity index (χ2n) is 5.98. The summed E-state index contributed by atoms with van der Waals surface area (Å²) in [4.78, 5) is 11.7. The van der Waals surface area contributed by atoms with E-state index < -0.39 is 12.0 Å². The first-order valence-electron chi connectivity index (χ1n) is 7.55. The Labute approximate surface area is 132 Å². The van der Waals surface area contributed by atoms with Crippen molar-refractivity contribution in [2.45, 2.75) is 39.7 Å². The number of aliphatic carboxylic acids is 1. The number of nitrogens with one attached hydrogen (secondary N) is 1. The van der Waals surface area contributed by atoms with Gasteiger partial charge in [0.05, 0.1) is 0 Å². The molecule has 0 saturated heterocycles. The van der Waals surface area contributed by atoms with Crippen molar-refractivity contribution >= 4 is 11.7 Å². The number of anilines is 1. The third-order valence-corrected chi connectivity index (χ3v) is 4.09. The Morgan fingerprint density at radius 3 is 2.14 bits per heavy atom. The molecule has 3 nitrogen and oxygen atoms in total. The zero-order chi connectivity index (χ0) is 16.3. The van der Waals surface area contributed by atoms with E-state index in [1.807, 2.05) is 56.3 Å². The molecule has 0 amide bonds. The SMILES string of the molecule is Cc1cccc(N[C@@H](C(=O)O)c2ccc(C(C)C)cc2)c1C. The molecular weight excluding hydrogens is 274 g/mol. The largest absolute Gasteiger partial charge is 0.479 e. The minimum Gasteiger partial charge on any atom is -0.479 e. The topological polar surface area (TPSA) is 49.3 Å². The van der Waals surface area contributed by atoms with Crippen LogP contribution in [0.3, 0.4) is 0 Å². The average molecular weight is 297 g/mol. The van der Waals surface area contributed by atoms with Crippen molar-refractivity contribution in [1.82, 2.24) is 0 Å². The van der Waals surface area contributed by atoms with Gasteiger partial charge in [0.2, 0.25) is 0 Å². The molecule has 22 heavy (non-hydrogen) atoms. The molecule has 0 aliphatic heterocycles. The maximum absolute atomic E-state index is 11.7. The third kappa shape index (κ3) is 3.48. The Hall–Kier alpha value is -2.29. The Kier molecular flexibility index (Phi) is 4.86. The van der Waals surface area contributed by atoms with Crippen LogP contribution in [0.1, 0.15) is 48.1 Å². The van der Waals surface area contributed by atoms with Crippen LogP contribution in [0.25, 0.3) is 0 Å². The van der Waals surface area contributed by atoms with Gasteiger partial charge in [-0.3, -0.25) is 0 Å². The number of hydrogen-bond donors (Lipinski definition) is 2. The van der Waals surface area contributed by atoms with E-state index in [9.17, 15) is 9.90 Å². The lowest BCUT2D eigenvalue weighted by molar-refractivity contribution is -0.138. The normalized spacial score (nSPS) is 12.2. The summed E-state index contributed by atoms with van der Waals surface area (Å²) in [5.41, 5.74) is 5.05. The number of carbonyl (C=O) groups is 1. The Morgan fingerprint density at radius 1 is 1.00 bits per heavy atom.